The molecule has 1 aliphatic rings. The van der Waals surface area contributed by atoms with Crippen LogP contribution in [0.2, 0.25) is 0 Å². The van der Waals surface area contributed by atoms with Crippen molar-refractivity contribution in [2.24, 2.45) is 11.8 Å². The van der Waals surface area contributed by atoms with Crippen molar-refractivity contribution in [3.8, 4) is 0 Å². The van der Waals surface area contributed by atoms with E-state index in [0.29, 0.717) is 12.6 Å². The van der Waals surface area contributed by atoms with Gasteiger partial charge in [-0.3, -0.25) is 14.9 Å². The predicted octanol–water partition coefficient (Wildman–Crippen LogP) is 2.03. The largest absolute Gasteiger partial charge is 0.481 e. The highest BCUT2D eigenvalue weighted by Gasteiger charge is 2.22. The minimum Gasteiger partial charge on any atom is -0.481 e. The van der Waals surface area contributed by atoms with E-state index >= 15 is 0 Å². The van der Waals surface area contributed by atoms with Gasteiger partial charge < -0.3 is 10.4 Å². The van der Waals surface area contributed by atoms with Crippen LogP contribution in [0, 0.1) is 11.8 Å². The van der Waals surface area contributed by atoms with Gasteiger partial charge in [0.2, 0.25) is 5.91 Å². The molecule has 1 saturated heterocycles. The molecule has 1 aromatic carbocycles. The van der Waals surface area contributed by atoms with Crippen LogP contribution in [0.5, 0.6) is 0 Å². The van der Waals surface area contributed by atoms with Crippen LogP contribution in [0.1, 0.15) is 32.8 Å². The highest BCUT2D eigenvalue weighted by molar-refractivity contribution is 5.83. The molecule has 1 aromatic rings. The molecular formula is C17H26N2O3. The third-order valence-electron chi connectivity index (χ3n) is 3.46. The first kappa shape index (κ1) is 18.2. The molecule has 3 N–H and O–H groups in total. The van der Waals surface area contributed by atoms with Crippen LogP contribution in [0.25, 0.3) is 0 Å². The van der Waals surface area contributed by atoms with Crippen molar-refractivity contribution in [1.29, 1.82) is 0 Å². The van der Waals surface area contributed by atoms with Crippen LogP contribution in [0.15, 0.2) is 30.3 Å². The lowest BCUT2D eigenvalue weighted by atomic mass is 9.99. The number of rotatable bonds is 5. The molecule has 5 nitrogen and oxygen atoms in total. The molecule has 1 amide bonds. The Bertz CT molecular complexity index is 474. The minimum absolute atomic E-state index is 0.0533. The SMILES string of the molecule is CC(C)CC(C)C(=O)O.O=C1NCN[C@H]1Cc1ccccc1. The average Bonchev–Trinajstić information content (AvgIpc) is 2.85. The molecule has 2 atom stereocenters. The zero-order valence-electron chi connectivity index (χ0n) is 13.5. The van der Waals surface area contributed by atoms with Crippen molar-refractivity contribution < 1.29 is 14.7 Å². The van der Waals surface area contributed by atoms with Crippen LogP contribution >= 0.6 is 0 Å². The average molecular weight is 306 g/mol. The Morgan fingerprint density at radius 3 is 2.32 bits per heavy atom. The van der Waals surface area contributed by atoms with Gasteiger partial charge in [-0.1, -0.05) is 51.1 Å². The van der Waals surface area contributed by atoms with E-state index < -0.39 is 5.97 Å². The Hall–Kier alpha value is -1.88. The highest BCUT2D eigenvalue weighted by Crippen LogP contribution is 2.10. The molecule has 0 aliphatic carbocycles. The Kier molecular flexibility index (Phi) is 7.60. The Balaban J connectivity index is 0.000000239. The van der Waals surface area contributed by atoms with Crippen LogP contribution in [0.4, 0.5) is 0 Å². The third kappa shape index (κ3) is 6.72. The molecule has 0 bridgehead atoms. The second kappa shape index (κ2) is 9.20. The molecule has 1 aliphatic heterocycles. The number of nitrogens with one attached hydrogen (secondary N) is 2. The molecule has 122 valence electrons. The number of hydrogen-bond donors (Lipinski definition) is 3. The zero-order valence-corrected chi connectivity index (χ0v) is 13.5. The highest BCUT2D eigenvalue weighted by atomic mass is 16.4. The number of carbonyl (C=O) groups excluding carboxylic acids is 1. The fourth-order valence-corrected chi connectivity index (χ4v) is 2.30. The Labute approximate surface area is 132 Å². The maximum absolute atomic E-state index is 11.2. The molecule has 5 heteroatoms. The molecule has 22 heavy (non-hydrogen) atoms. The number of hydrogen-bond acceptors (Lipinski definition) is 3. The maximum atomic E-state index is 11.2. The van der Waals surface area contributed by atoms with Gasteiger partial charge in [-0.2, -0.15) is 0 Å². The lowest BCUT2D eigenvalue weighted by Gasteiger charge is -2.07. The summed E-state index contributed by atoms with van der Waals surface area (Å²) in [5.74, 6) is -0.298. The van der Waals surface area contributed by atoms with E-state index in [9.17, 15) is 9.59 Å². The van der Waals surface area contributed by atoms with Crippen molar-refractivity contribution in [2.75, 3.05) is 6.67 Å². The number of carbonyl (C=O) groups is 2. The quantitative estimate of drug-likeness (QED) is 0.778. The van der Waals surface area contributed by atoms with Gasteiger partial charge in [0, 0.05) is 0 Å². The monoisotopic (exact) mass is 306 g/mol. The number of carboxylic acid groups (broad SMARTS) is 1. The molecule has 0 spiro atoms. The van der Waals surface area contributed by atoms with Crippen molar-refractivity contribution in [2.45, 2.75) is 39.7 Å². The fraction of sp³-hybridized carbons (Fsp3) is 0.529. The summed E-state index contributed by atoms with van der Waals surface area (Å²) in [6.07, 6.45) is 1.54. The van der Waals surface area contributed by atoms with Gasteiger partial charge >= 0.3 is 5.97 Å². The van der Waals surface area contributed by atoms with E-state index in [1.807, 2.05) is 44.2 Å². The summed E-state index contributed by atoms with van der Waals surface area (Å²) in [6, 6.07) is 9.97. The predicted molar refractivity (Wildman–Crippen MR) is 86.3 cm³/mol. The van der Waals surface area contributed by atoms with Crippen LogP contribution in [-0.2, 0) is 16.0 Å². The maximum Gasteiger partial charge on any atom is 0.306 e. The summed E-state index contributed by atoms with van der Waals surface area (Å²) in [4.78, 5) is 21.4. The summed E-state index contributed by atoms with van der Waals surface area (Å²) in [5, 5.41) is 14.3. The Morgan fingerprint density at radius 2 is 1.91 bits per heavy atom. The van der Waals surface area contributed by atoms with E-state index in [1.165, 1.54) is 5.56 Å². The first-order valence-corrected chi connectivity index (χ1v) is 7.68. The summed E-state index contributed by atoms with van der Waals surface area (Å²) in [5.41, 5.74) is 1.19. The summed E-state index contributed by atoms with van der Waals surface area (Å²) in [7, 11) is 0. The minimum atomic E-state index is -0.691. The zero-order chi connectivity index (χ0) is 16.5. The van der Waals surface area contributed by atoms with Gasteiger partial charge in [0.1, 0.15) is 0 Å². The first-order valence-electron chi connectivity index (χ1n) is 7.68. The van der Waals surface area contributed by atoms with E-state index in [-0.39, 0.29) is 17.9 Å². The lowest BCUT2D eigenvalue weighted by Crippen LogP contribution is -2.30. The van der Waals surface area contributed by atoms with Crippen molar-refractivity contribution >= 4 is 11.9 Å². The second-order valence-corrected chi connectivity index (χ2v) is 6.03. The molecule has 0 radical (unpaired) electrons. The van der Waals surface area contributed by atoms with Crippen LogP contribution in [-0.4, -0.2) is 29.7 Å². The van der Waals surface area contributed by atoms with Crippen LogP contribution in [0.3, 0.4) is 0 Å². The van der Waals surface area contributed by atoms with Gasteiger partial charge in [-0.25, -0.2) is 0 Å². The summed E-state index contributed by atoms with van der Waals surface area (Å²) in [6.45, 7) is 6.39. The van der Waals surface area contributed by atoms with Crippen molar-refractivity contribution in [3.63, 3.8) is 0 Å². The number of amides is 1. The van der Waals surface area contributed by atoms with E-state index in [2.05, 4.69) is 10.6 Å². The van der Waals surface area contributed by atoms with E-state index in [1.54, 1.807) is 6.92 Å². The first-order chi connectivity index (χ1) is 10.4. The molecule has 1 fully saturated rings. The molecule has 0 aromatic heterocycles. The Morgan fingerprint density at radius 1 is 1.27 bits per heavy atom. The normalized spacial score (nSPS) is 18.4. The number of carboxylic acids is 1. The molecule has 1 heterocycles. The molecule has 1 unspecified atom stereocenters. The number of benzene rings is 1. The third-order valence-corrected chi connectivity index (χ3v) is 3.46. The summed E-state index contributed by atoms with van der Waals surface area (Å²) >= 11 is 0. The van der Waals surface area contributed by atoms with Crippen LogP contribution < -0.4 is 10.6 Å². The van der Waals surface area contributed by atoms with Crippen molar-refractivity contribution in [1.82, 2.24) is 10.6 Å². The van der Waals surface area contributed by atoms with Gasteiger partial charge in [-0.05, 0) is 24.3 Å². The van der Waals surface area contributed by atoms with Gasteiger partial charge in [0.25, 0.3) is 0 Å². The van der Waals surface area contributed by atoms with Crippen molar-refractivity contribution in [3.05, 3.63) is 35.9 Å². The second-order valence-electron chi connectivity index (χ2n) is 6.03. The topological polar surface area (TPSA) is 78.4 Å². The standard InChI is InChI=1S/C10H12N2O.C7H14O2/c13-10-9(11-7-12-10)6-8-4-2-1-3-5-8;1-5(2)4-6(3)7(8)9/h1-5,9,11H,6-7H2,(H,12,13);5-6H,4H2,1-3H3,(H,8,9)/t9-;/m0./s1. The molecular weight excluding hydrogens is 280 g/mol. The van der Waals surface area contributed by atoms with Gasteiger partial charge in [-0.15, -0.1) is 0 Å². The fourth-order valence-electron chi connectivity index (χ4n) is 2.30. The van der Waals surface area contributed by atoms with E-state index in [4.69, 9.17) is 5.11 Å². The lowest BCUT2D eigenvalue weighted by molar-refractivity contribution is -0.141. The molecule has 0 saturated carbocycles. The number of aliphatic carboxylic acids is 1. The van der Waals surface area contributed by atoms with Gasteiger partial charge in [0.05, 0.1) is 18.6 Å². The van der Waals surface area contributed by atoms with Gasteiger partial charge in [0.15, 0.2) is 0 Å². The smallest absolute Gasteiger partial charge is 0.306 e. The van der Waals surface area contributed by atoms with E-state index in [0.717, 1.165) is 12.8 Å². The summed E-state index contributed by atoms with van der Waals surface area (Å²) < 4.78 is 0. The molecule has 2 rings (SSSR count).